The summed E-state index contributed by atoms with van der Waals surface area (Å²) in [5.74, 6) is 0.0581. The normalized spacial score (nSPS) is 17.8. The summed E-state index contributed by atoms with van der Waals surface area (Å²) in [6, 6.07) is 5.06. The molecule has 1 amide bonds. The number of rotatable bonds is 6. The third-order valence-electron chi connectivity index (χ3n) is 4.70. The highest BCUT2D eigenvalue weighted by atomic mass is 16.5. The highest BCUT2D eigenvalue weighted by Crippen LogP contribution is 2.47. The lowest BCUT2D eigenvalue weighted by atomic mass is 10.1. The van der Waals surface area contributed by atoms with Gasteiger partial charge in [0.25, 0.3) is 0 Å². The van der Waals surface area contributed by atoms with E-state index in [1.165, 1.54) is 0 Å². The molecule has 1 aromatic carbocycles. The van der Waals surface area contributed by atoms with E-state index >= 15 is 0 Å². The van der Waals surface area contributed by atoms with E-state index in [1.807, 2.05) is 0 Å². The smallest absolute Gasteiger partial charge is 0.319 e. The number of aliphatic carboxylic acids is 1. The van der Waals surface area contributed by atoms with Gasteiger partial charge in [-0.3, -0.25) is 9.59 Å². The molecule has 25 heavy (non-hydrogen) atoms. The fourth-order valence-electron chi connectivity index (χ4n) is 2.81. The number of methoxy groups -OCH3 is 1. The summed E-state index contributed by atoms with van der Waals surface area (Å²) in [4.78, 5) is 23.6. The highest BCUT2D eigenvalue weighted by Gasteiger charge is 2.57. The van der Waals surface area contributed by atoms with E-state index in [2.05, 4.69) is 20.8 Å². The van der Waals surface area contributed by atoms with Gasteiger partial charge in [0.1, 0.15) is 16.9 Å². The molecule has 9 nitrogen and oxygen atoms in total. The average Bonchev–Trinajstić information content (AvgIpc) is 3.52. The molecule has 0 radical (unpaired) electrons. The molecule has 0 spiro atoms. The van der Waals surface area contributed by atoms with Gasteiger partial charge in [-0.25, -0.2) is 0 Å². The van der Waals surface area contributed by atoms with E-state index in [0.29, 0.717) is 35.9 Å². The SMILES string of the molecule is COc1ccc(NC(=O)C2(C(=O)O)CC2)cc1-n1nnnc1C1CC1. The van der Waals surface area contributed by atoms with Crippen LogP contribution in [0.3, 0.4) is 0 Å². The van der Waals surface area contributed by atoms with E-state index in [0.717, 1.165) is 18.7 Å². The molecule has 0 aliphatic heterocycles. The van der Waals surface area contributed by atoms with Crippen molar-refractivity contribution in [2.75, 3.05) is 12.4 Å². The van der Waals surface area contributed by atoms with E-state index in [9.17, 15) is 14.7 Å². The molecule has 2 saturated carbocycles. The summed E-state index contributed by atoms with van der Waals surface area (Å²) in [5.41, 5.74) is -0.216. The van der Waals surface area contributed by atoms with Crippen LogP contribution in [0.15, 0.2) is 18.2 Å². The Kier molecular flexibility index (Phi) is 3.45. The molecule has 2 N–H and O–H groups in total. The number of benzene rings is 1. The van der Waals surface area contributed by atoms with Crippen LogP contribution in [0.1, 0.15) is 37.4 Å². The molecular weight excluding hydrogens is 326 g/mol. The van der Waals surface area contributed by atoms with Gasteiger partial charge in [-0.15, -0.1) is 5.10 Å². The van der Waals surface area contributed by atoms with E-state index in [1.54, 1.807) is 30.0 Å². The molecule has 2 fully saturated rings. The van der Waals surface area contributed by atoms with Gasteiger partial charge in [0.2, 0.25) is 5.91 Å². The van der Waals surface area contributed by atoms with Gasteiger partial charge < -0.3 is 15.2 Å². The second-order valence-corrected chi connectivity index (χ2v) is 6.45. The molecular formula is C16H17N5O4. The molecule has 2 aliphatic rings. The average molecular weight is 343 g/mol. The minimum absolute atomic E-state index is 0.333. The van der Waals surface area contributed by atoms with Crippen molar-refractivity contribution in [2.24, 2.45) is 5.41 Å². The topological polar surface area (TPSA) is 119 Å². The number of hydrogen-bond donors (Lipinski definition) is 2. The maximum absolute atomic E-state index is 12.3. The number of ether oxygens (including phenoxy) is 1. The third-order valence-corrected chi connectivity index (χ3v) is 4.70. The quantitative estimate of drug-likeness (QED) is 0.760. The van der Waals surface area contributed by atoms with Gasteiger partial charge in [0, 0.05) is 11.6 Å². The lowest BCUT2D eigenvalue weighted by molar-refractivity contribution is -0.147. The van der Waals surface area contributed by atoms with Crippen molar-refractivity contribution in [1.29, 1.82) is 0 Å². The van der Waals surface area contributed by atoms with Gasteiger partial charge in [0.05, 0.1) is 7.11 Å². The van der Waals surface area contributed by atoms with Crippen molar-refractivity contribution in [3.63, 3.8) is 0 Å². The minimum Gasteiger partial charge on any atom is -0.494 e. The molecule has 0 saturated heterocycles. The predicted molar refractivity (Wildman–Crippen MR) is 85.6 cm³/mol. The Morgan fingerprint density at radius 3 is 2.72 bits per heavy atom. The second kappa shape index (κ2) is 5.54. The molecule has 1 aromatic heterocycles. The van der Waals surface area contributed by atoms with Crippen LogP contribution in [0.2, 0.25) is 0 Å². The van der Waals surface area contributed by atoms with Crippen LogP contribution in [0.5, 0.6) is 5.75 Å². The monoisotopic (exact) mass is 343 g/mol. The van der Waals surface area contributed by atoms with Gasteiger partial charge in [-0.05, 0) is 54.3 Å². The molecule has 2 aromatic rings. The van der Waals surface area contributed by atoms with Crippen LogP contribution < -0.4 is 10.1 Å². The van der Waals surface area contributed by atoms with Gasteiger partial charge >= 0.3 is 5.97 Å². The lowest BCUT2D eigenvalue weighted by Crippen LogP contribution is -2.31. The Morgan fingerprint density at radius 1 is 1.36 bits per heavy atom. The predicted octanol–water partition coefficient (Wildman–Crippen LogP) is 1.35. The molecule has 0 bridgehead atoms. The zero-order valence-electron chi connectivity index (χ0n) is 13.6. The highest BCUT2D eigenvalue weighted by molar-refractivity contribution is 6.10. The van der Waals surface area contributed by atoms with Crippen LogP contribution in [0.25, 0.3) is 5.69 Å². The van der Waals surface area contributed by atoms with Gasteiger partial charge in [0.15, 0.2) is 5.82 Å². The Labute approximate surface area is 143 Å². The summed E-state index contributed by atoms with van der Waals surface area (Å²) in [6.45, 7) is 0. The van der Waals surface area contributed by atoms with Crippen LogP contribution >= 0.6 is 0 Å². The van der Waals surface area contributed by atoms with Gasteiger partial charge in [-0.2, -0.15) is 4.68 Å². The summed E-state index contributed by atoms with van der Waals surface area (Å²) < 4.78 is 6.99. The standard InChI is InChI=1S/C16H17N5O4/c1-25-12-5-4-10(17-14(22)16(6-7-16)15(23)24)8-11(12)21-13(9-2-3-9)18-19-20-21/h4-5,8-9H,2-3,6-7H2,1H3,(H,17,22)(H,23,24). The van der Waals surface area contributed by atoms with Crippen molar-refractivity contribution in [1.82, 2.24) is 20.2 Å². The largest absolute Gasteiger partial charge is 0.494 e. The van der Waals surface area contributed by atoms with Gasteiger partial charge in [-0.1, -0.05) is 0 Å². The summed E-state index contributed by atoms with van der Waals surface area (Å²) >= 11 is 0. The second-order valence-electron chi connectivity index (χ2n) is 6.45. The molecule has 2 aliphatic carbocycles. The van der Waals surface area contributed by atoms with E-state index in [-0.39, 0.29) is 0 Å². The lowest BCUT2D eigenvalue weighted by Gasteiger charge is -2.14. The number of tetrazole rings is 1. The zero-order valence-corrected chi connectivity index (χ0v) is 13.6. The van der Waals surface area contributed by atoms with Crippen LogP contribution in [0.4, 0.5) is 5.69 Å². The third kappa shape index (κ3) is 2.61. The summed E-state index contributed by atoms with van der Waals surface area (Å²) in [6.07, 6.45) is 2.80. The maximum atomic E-state index is 12.3. The maximum Gasteiger partial charge on any atom is 0.319 e. The first kappa shape index (κ1) is 15.6. The van der Waals surface area contributed by atoms with Crippen molar-refractivity contribution in [3.05, 3.63) is 24.0 Å². The van der Waals surface area contributed by atoms with Crippen molar-refractivity contribution < 1.29 is 19.4 Å². The molecule has 0 atom stereocenters. The fraction of sp³-hybridized carbons (Fsp3) is 0.438. The van der Waals surface area contributed by atoms with Crippen LogP contribution in [0, 0.1) is 5.41 Å². The first-order valence-electron chi connectivity index (χ1n) is 8.07. The van der Waals surface area contributed by atoms with Crippen molar-refractivity contribution >= 4 is 17.6 Å². The number of amides is 1. The Morgan fingerprint density at radius 2 is 2.12 bits per heavy atom. The number of aromatic nitrogens is 4. The zero-order chi connectivity index (χ0) is 17.6. The first-order valence-corrected chi connectivity index (χ1v) is 8.07. The first-order chi connectivity index (χ1) is 12.0. The number of hydrogen-bond acceptors (Lipinski definition) is 6. The number of carboxylic acids is 1. The number of carbonyl (C=O) groups is 2. The van der Waals surface area contributed by atoms with Crippen LogP contribution in [-0.2, 0) is 9.59 Å². The fourth-order valence-corrected chi connectivity index (χ4v) is 2.81. The Balaban J connectivity index is 1.66. The molecule has 130 valence electrons. The van der Waals surface area contributed by atoms with Crippen LogP contribution in [-0.4, -0.2) is 44.3 Å². The number of carbonyl (C=O) groups excluding carboxylic acids is 1. The van der Waals surface area contributed by atoms with Crippen molar-refractivity contribution in [2.45, 2.75) is 31.6 Å². The van der Waals surface area contributed by atoms with E-state index in [4.69, 9.17) is 4.74 Å². The number of nitrogens with zero attached hydrogens (tertiary/aromatic N) is 4. The number of carboxylic acid groups (broad SMARTS) is 1. The minimum atomic E-state index is -1.30. The molecule has 9 heteroatoms. The number of anilines is 1. The summed E-state index contributed by atoms with van der Waals surface area (Å²) in [7, 11) is 1.54. The Bertz CT molecular complexity index is 854. The molecule has 1 heterocycles. The van der Waals surface area contributed by atoms with E-state index < -0.39 is 17.3 Å². The summed E-state index contributed by atoms with van der Waals surface area (Å²) in [5, 5.41) is 23.8. The number of nitrogens with one attached hydrogen (secondary N) is 1. The Hall–Kier alpha value is -2.97. The molecule has 0 unspecified atom stereocenters. The molecule has 4 rings (SSSR count). The van der Waals surface area contributed by atoms with Crippen molar-refractivity contribution in [3.8, 4) is 11.4 Å².